The van der Waals surface area contributed by atoms with Crippen molar-refractivity contribution in [3.63, 3.8) is 0 Å². The topological polar surface area (TPSA) is 47.0 Å². The molecule has 1 N–H and O–H groups in total. The maximum Gasteiger partial charge on any atom is 0.222 e. The smallest absolute Gasteiger partial charge is 0.222 e. The van der Waals surface area contributed by atoms with Gasteiger partial charge in [0.25, 0.3) is 0 Å². The van der Waals surface area contributed by atoms with Crippen molar-refractivity contribution in [3.8, 4) is 5.75 Å². The monoisotopic (exact) mass is 357 g/mol. The zero-order chi connectivity index (χ0) is 18.1. The van der Waals surface area contributed by atoms with E-state index in [-0.39, 0.29) is 5.54 Å². The van der Waals surface area contributed by atoms with Crippen LogP contribution in [0.15, 0.2) is 24.3 Å². The fourth-order valence-electron chi connectivity index (χ4n) is 4.63. The number of nitrogens with zero attached hydrogens (tertiary/aromatic N) is 3. The van der Waals surface area contributed by atoms with Gasteiger partial charge in [0, 0.05) is 51.2 Å². The first-order valence-electron chi connectivity index (χ1n) is 10.0. The Morgan fingerprint density at radius 1 is 1.19 bits per heavy atom. The molecule has 142 valence electrons. The molecule has 0 aromatic heterocycles. The molecule has 2 saturated heterocycles. The molecule has 1 atom stereocenters. The standard InChI is InChI=1S/C21H31N3O2/c1-22-11-12-23(14-18-3-2-4-19(25)13-18)16-21(22)8-7-20(26)24(10-9-21)15-17-5-6-17/h2-4,13,17,25H,5-12,14-16H2,1H3. The fourth-order valence-corrected chi connectivity index (χ4v) is 4.63. The second-order valence-corrected chi connectivity index (χ2v) is 8.56. The highest BCUT2D eigenvalue weighted by atomic mass is 16.3. The minimum absolute atomic E-state index is 0.100. The van der Waals surface area contributed by atoms with Crippen LogP contribution in [0.1, 0.15) is 37.7 Å². The second-order valence-electron chi connectivity index (χ2n) is 8.56. The van der Waals surface area contributed by atoms with Gasteiger partial charge in [-0.3, -0.25) is 14.6 Å². The van der Waals surface area contributed by atoms with Gasteiger partial charge in [-0.05, 0) is 56.3 Å². The van der Waals surface area contributed by atoms with Crippen molar-refractivity contribution in [2.45, 2.75) is 44.2 Å². The Bertz CT molecular complexity index is 660. The third kappa shape index (κ3) is 3.89. The SMILES string of the molecule is CN1CCN(Cc2cccc(O)c2)CC12CCC(=O)N(CC1CC1)CC2. The molecule has 5 heteroatoms. The Morgan fingerprint density at radius 3 is 2.81 bits per heavy atom. The first-order chi connectivity index (χ1) is 12.5. The Hall–Kier alpha value is -1.59. The molecule has 1 aliphatic carbocycles. The molecule has 26 heavy (non-hydrogen) atoms. The molecule has 2 aliphatic heterocycles. The number of carbonyl (C=O) groups excluding carboxylic acids is 1. The van der Waals surface area contributed by atoms with Crippen molar-refractivity contribution in [2.24, 2.45) is 5.92 Å². The van der Waals surface area contributed by atoms with E-state index >= 15 is 0 Å². The quantitative estimate of drug-likeness (QED) is 0.898. The first-order valence-corrected chi connectivity index (χ1v) is 10.0. The predicted molar refractivity (Wildman–Crippen MR) is 102 cm³/mol. The average molecular weight is 357 g/mol. The van der Waals surface area contributed by atoms with E-state index in [2.05, 4.69) is 27.8 Å². The Morgan fingerprint density at radius 2 is 2.04 bits per heavy atom. The van der Waals surface area contributed by atoms with Crippen molar-refractivity contribution in [2.75, 3.05) is 39.8 Å². The summed E-state index contributed by atoms with van der Waals surface area (Å²) < 4.78 is 0. The molecular weight excluding hydrogens is 326 g/mol. The van der Waals surface area contributed by atoms with Crippen molar-refractivity contribution in [1.29, 1.82) is 0 Å². The summed E-state index contributed by atoms with van der Waals surface area (Å²) in [5.74, 6) is 1.45. The lowest BCUT2D eigenvalue weighted by molar-refractivity contribution is -0.131. The van der Waals surface area contributed by atoms with Gasteiger partial charge < -0.3 is 10.0 Å². The molecule has 1 unspecified atom stereocenters. The third-order valence-corrected chi connectivity index (χ3v) is 6.58. The van der Waals surface area contributed by atoms with Gasteiger partial charge in [-0.15, -0.1) is 0 Å². The molecule has 5 nitrogen and oxygen atoms in total. The van der Waals surface area contributed by atoms with Crippen LogP contribution in [-0.4, -0.2) is 71.0 Å². The van der Waals surface area contributed by atoms with Crippen molar-refractivity contribution in [3.05, 3.63) is 29.8 Å². The molecule has 3 fully saturated rings. The van der Waals surface area contributed by atoms with Crippen LogP contribution in [0.5, 0.6) is 5.75 Å². The summed E-state index contributed by atoms with van der Waals surface area (Å²) in [6.07, 6.45) is 5.30. The number of piperazine rings is 1. The van der Waals surface area contributed by atoms with E-state index in [1.165, 1.54) is 12.8 Å². The summed E-state index contributed by atoms with van der Waals surface area (Å²) in [5, 5.41) is 9.73. The van der Waals surface area contributed by atoms with Gasteiger partial charge >= 0.3 is 0 Å². The summed E-state index contributed by atoms with van der Waals surface area (Å²) in [5.41, 5.74) is 1.26. The van der Waals surface area contributed by atoms with E-state index in [1.54, 1.807) is 6.07 Å². The van der Waals surface area contributed by atoms with E-state index in [0.717, 1.165) is 63.6 Å². The summed E-state index contributed by atoms with van der Waals surface area (Å²) in [6, 6.07) is 7.58. The number of likely N-dealkylation sites (N-methyl/N-ethyl adjacent to an activating group) is 1. The average Bonchev–Trinajstić information content (AvgIpc) is 3.44. The Kier molecular flexibility index (Phi) is 4.93. The lowest BCUT2D eigenvalue weighted by atomic mass is 9.86. The van der Waals surface area contributed by atoms with Crippen molar-refractivity contribution in [1.82, 2.24) is 14.7 Å². The summed E-state index contributed by atoms with van der Waals surface area (Å²) in [7, 11) is 2.23. The number of phenolic OH excluding ortho intramolecular Hbond substituents is 1. The molecule has 2 heterocycles. The molecule has 1 aromatic carbocycles. The largest absolute Gasteiger partial charge is 0.508 e. The summed E-state index contributed by atoms with van der Waals surface area (Å²) in [4.78, 5) is 19.7. The van der Waals surface area contributed by atoms with Gasteiger partial charge in [0.2, 0.25) is 5.91 Å². The first kappa shape index (κ1) is 17.8. The highest BCUT2D eigenvalue weighted by molar-refractivity contribution is 5.76. The fraction of sp³-hybridized carbons (Fsp3) is 0.667. The van der Waals surface area contributed by atoms with Gasteiger partial charge in [0.05, 0.1) is 0 Å². The zero-order valence-electron chi connectivity index (χ0n) is 15.9. The lowest BCUT2D eigenvalue weighted by Crippen LogP contribution is -2.60. The van der Waals surface area contributed by atoms with E-state index in [0.29, 0.717) is 18.1 Å². The normalized spacial score (nSPS) is 28.5. The number of benzene rings is 1. The molecule has 0 bridgehead atoms. The molecule has 1 spiro atoms. The lowest BCUT2D eigenvalue weighted by Gasteiger charge is -2.49. The Balaban J connectivity index is 1.44. The number of rotatable bonds is 4. The number of hydrogen-bond acceptors (Lipinski definition) is 4. The van der Waals surface area contributed by atoms with Crippen LogP contribution in [0.2, 0.25) is 0 Å². The van der Waals surface area contributed by atoms with Crippen LogP contribution >= 0.6 is 0 Å². The van der Waals surface area contributed by atoms with Gasteiger partial charge in [-0.25, -0.2) is 0 Å². The molecule has 3 aliphatic rings. The van der Waals surface area contributed by atoms with E-state index < -0.39 is 0 Å². The van der Waals surface area contributed by atoms with Crippen LogP contribution in [0.25, 0.3) is 0 Å². The number of hydrogen-bond donors (Lipinski definition) is 1. The number of aromatic hydroxyl groups is 1. The van der Waals surface area contributed by atoms with E-state index in [9.17, 15) is 9.90 Å². The van der Waals surface area contributed by atoms with Gasteiger partial charge in [-0.1, -0.05) is 12.1 Å². The highest BCUT2D eigenvalue weighted by Crippen LogP contribution is 2.35. The summed E-state index contributed by atoms with van der Waals surface area (Å²) >= 11 is 0. The minimum Gasteiger partial charge on any atom is -0.508 e. The summed E-state index contributed by atoms with van der Waals surface area (Å²) in [6.45, 7) is 5.82. The van der Waals surface area contributed by atoms with Crippen LogP contribution in [0, 0.1) is 5.92 Å². The maximum absolute atomic E-state index is 12.6. The van der Waals surface area contributed by atoms with E-state index in [1.807, 2.05) is 12.1 Å². The molecular formula is C21H31N3O2. The van der Waals surface area contributed by atoms with Crippen molar-refractivity contribution < 1.29 is 9.90 Å². The van der Waals surface area contributed by atoms with Crippen LogP contribution in [-0.2, 0) is 11.3 Å². The molecule has 0 radical (unpaired) electrons. The van der Waals surface area contributed by atoms with Crippen LogP contribution < -0.4 is 0 Å². The third-order valence-electron chi connectivity index (χ3n) is 6.58. The molecule has 4 rings (SSSR count). The predicted octanol–water partition coefficient (Wildman–Crippen LogP) is 2.30. The number of amides is 1. The van der Waals surface area contributed by atoms with E-state index in [4.69, 9.17) is 0 Å². The molecule has 1 amide bonds. The van der Waals surface area contributed by atoms with Crippen molar-refractivity contribution >= 4 is 5.91 Å². The van der Waals surface area contributed by atoms with Gasteiger partial charge in [-0.2, -0.15) is 0 Å². The maximum atomic E-state index is 12.6. The number of carbonyl (C=O) groups is 1. The van der Waals surface area contributed by atoms with Gasteiger partial charge in [0.15, 0.2) is 0 Å². The molecule has 1 saturated carbocycles. The molecule has 1 aromatic rings. The van der Waals surface area contributed by atoms with Crippen LogP contribution in [0.3, 0.4) is 0 Å². The zero-order valence-corrected chi connectivity index (χ0v) is 15.9. The number of likely N-dealkylation sites (tertiary alicyclic amines) is 1. The van der Waals surface area contributed by atoms with Gasteiger partial charge in [0.1, 0.15) is 5.75 Å². The minimum atomic E-state index is 0.100. The Labute approximate surface area is 156 Å². The second kappa shape index (κ2) is 7.20. The highest BCUT2D eigenvalue weighted by Gasteiger charge is 2.42. The van der Waals surface area contributed by atoms with Crippen LogP contribution in [0.4, 0.5) is 0 Å². The number of phenols is 1.